The summed E-state index contributed by atoms with van der Waals surface area (Å²) in [6.07, 6.45) is 0. The molecule has 0 aliphatic heterocycles. The fourth-order valence-electron chi connectivity index (χ4n) is 2.76. The van der Waals surface area contributed by atoms with Crippen LogP contribution in [0.5, 0.6) is 5.75 Å². The number of sulfonamides is 1. The summed E-state index contributed by atoms with van der Waals surface area (Å²) in [7, 11) is -2.60. The van der Waals surface area contributed by atoms with Gasteiger partial charge < -0.3 is 4.74 Å². The van der Waals surface area contributed by atoms with Gasteiger partial charge in [-0.05, 0) is 36.8 Å². The predicted molar refractivity (Wildman–Crippen MR) is 102 cm³/mol. The molecule has 0 aliphatic rings. The Bertz CT molecular complexity index is 1150. The molecule has 7 nitrogen and oxygen atoms in total. The number of nitrogens with one attached hydrogen (secondary N) is 1. The molecule has 3 rings (SSSR count). The SMILES string of the molecule is CCn1nc(NS(=O)(=O)c2ccccc2)c(-c2ccc(OC)c(F)c2)c1C#N. The minimum absolute atomic E-state index is 0.0385. The van der Waals surface area contributed by atoms with Crippen LogP contribution in [0.25, 0.3) is 11.1 Å². The predicted octanol–water partition coefficient (Wildman–Crippen LogP) is 3.39. The highest BCUT2D eigenvalue weighted by Crippen LogP contribution is 2.34. The molecule has 3 aromatic rings. The molecule has 9 heteroatoms. The third-order valence-electron chi connectivity index (χ3n) is 4.08. The first kappa shape index (κ1) is 19.4. The summed E-state index contributed by atoms with van der Waals surface area (Å²) >= 11 is 0. The Labute approximate surface area is 162 Å². The van der Waals surface area contributed by atoms with E-state index in [1.807, 2.05) is 6.07 Å². The summed E-state index contributed by atoms with van der Waals surface area (Å²) in [4.78, 5) is 0.0476. The molecule has 0 radical (unpaired) electrons. The number of benzene rings is 2. The summed E-state index contributed by atoms with van der Waals surface area (Å²) in [5.41, 5.74) is 0.628. The number of ether oxygens (including phenoxy) is 1. The number of aryl methyl sites for hydroxylation is 1. The van der Waals surface area contributed by atoms with E-state index >= 15 is 0 Å². The van der Waals surface area contributed by atoms with Gasteiger partial charge >= 0.3 is 0 Å². The number of rotatable bonds is 6. The van der Waals surface area contributed by atoms with E-state index in [1.165, 1.54) is 36.1 Å². The van der Waals surface area contributed by atoms with Crippen molar-refractivity contribution in [1.82, 2.24) is 9.78 Å². The van der Waals surface area contributed by atoms with Gasteiger partial charge in [-0.15, -0.1) is 0 Å². The average Bonchev–Trinajstić information content (AvgIpc) is 3.05. The highest BCUT2D eigenvalue weighted by atomic mass is 32.2. The fourth-order valence-corrected chi connectivity index (χ4v) is 3.79. The second kappa shape index (κ2) is 7.70. The lowest BCUT2D eigenvalue weighted by molar-refractivity contribution is 0.386. The van der Waals surface area contributed by atoms with Crippen LogP contribution in [0.15, 0.2) is 53.4 Å². The largest absolute Gasteiger partial charge is 0.494 e. The number of hydrogen-bond acceptors (Lipinski definition) is 5. The molecule has 0 saturated carbocycles. The second-order valence-electron chi connectivity index (χ2n) is 5.77. The highest BCUT2D eigenvalue weighted by molar-refractivity contribution is 7.92. The molecule has 0 fully saturated rings. The Balaban J connectivity index is 2.16. The number of halogens is 1. The molecular formula is C19H17FN4O3S. The molecule has 0 unspecified atom stereocenters. The normalized spacial score (nSPS) is 11.1. The van der Waals surface area contributed by atoms with Gasteiger partial charge in [0.05, 0.1) is 17.6 Å². The molecule has 28 heavy (non-hydrogen) atoms. The van der Waals surface area contributed by atoms with Crippen LogP contribution in [-0.2, 0) is 16.6 Å². The van der Waals surface area contributed by atoms with Crippen LogP contribution in [0.3, 0.4) is 0 Å². The topological polar surface area (TPSA) is 97.0 Å². The van der Waals surface area contributed by atoms with E-state index in [4.69, 9.17) is 4.74 Å². The summed E-state index contributed by atoms with van der Waals surface area (Å²) < 4.78 is 48.3. The van der Waals surface area contributed by atoms with Gasteiger partial charge in [-0.1, -0.05) is 24.3 Å². The van der Waals surface area contributed by atoms with Crippen molar-refractivity contribution in [2.45, 2.75) is 18.4 Å². The minimum Gasteiger partial charge on any atom is -0.494 e. The van der Waals surface area contributed by atoms with Crippen LogP contribution in [0.4, 0.5) is 10.2 Å². The molecule has 1 heterocycles. The molecular weight excluding hydrogens is 383 g/mol. The van der Waals surface area contributed by atoms with Gasteiger partial charge in [-0.2, -0.15) is 10.4 Å². The van der Waals surface area contributed by atoms with Crippen LogP contribution in [-0.4, -0.2) is 25.3 Å². The Kier molecular flexibility index (Phi) is 5.33. The molecule has 1 aromatic heterocycles. The molecule has 0 bridgehead atoms. The van der Waals surface area contributed by atoms with Crippen LogP contribution < -0.4 is 9.46 Å². The van der Waals surface area contributed by atoms with Crippen LogP contribution in [0.2, 0.25) is 0 Å². The highest BCUT2D eigenvalue weighted by Gasteiger charge is 2.24. The molecule has 1 N–H and O–H groups in total. The van der Waals surface area contributed by atoms with Crippen molar-refractivity contribution in [2.75, 3.05) is 11.8 Å². The van der Waals surface area contributed by atoms with Crippen LogP contribution in [0, 0.1) is 17.1 Å². The molecule has 0 amide bonds. The van der Waals surface area contributed by atoms with E-state index in [9.17, 15) is 18.1 Å². The number of nitriles is 1. The van der Waals surface area contributed by atoms with Crippen LogP contribution in [0.1, 0.15) is 12.6 Å². The van der Waals surface area contributed by atoms with Gasteiger partial charge in [0.15, 0.2) is 17.4 Å². The zero-order valence-electron chi connectivity index (χ0n) is 15.2. The van der Waals surface area contributed by atoms with Gasteiger partial charge in [0.25, 0.3) is 10.0 Å². The quantitative estimate of drug-likeness (QED) is 0.684. The van der Waals surface area contributed by atoms with E-state index in [2.05, 4.69) is 9.82 Å². The summed E-state index contributed by atoms with van der Waals surface area (Å²) in [5, 5.41) is 13.8. The first-order valence-electron chi connectivity index (χ1n) is 8.34. The van der Waals surface area contributed by atoms with E-state index in [-0.39, 0.29) is 27.7 Å². The summed E-state index contributed by atoms with van der Waals surface area (Å²) in [5.74, 6) is -0.645. The molecule has 0 aliphatic carbocycles. The lowest BCUT2D eigenvalue weighted by Crippen LogP contribution is -2.14. The number of aromatic nitrogens is 2. The number of nitrogens with zero attached hydrogens (tertiary/aromatic N) is 3. The monoisotopic (exact) mass is 400 g/mol. The molecule has 0 atom stereocenters. The van der Waals surface area contributed by atoms with Crippen molar-refractivity contribution in [3.05, 3.63) is 60.0 Å². The van der Waals surface area contributed by atoms with E-state index in [0.717, 1.165) is 0 Å². The third kappa shape index (κ3) is 3.54. The Morgan fingerprint density at radius 3 is 2.54 bits per heavy atom. The van der Waals surface area contributed by atoms with E-state index in [0.29, 0.717) is 12.1 Å². The Morgan fingerprint density at radius 1 is 1.25 bits per heavy atom. The number of methoxy groups -OCH3 is 1. The molecule has 0 saturated heterocycles. The van der Waals surface area contributed by atoms with Crippen molar-refractivity contribution in [1.29, 1.82) is 5.26 Å². The zero-order chi connectivity index (χ0) is 20.3. The van der Waals surface area contributed by atoms with Gasteiger partial charge in [-0.3, -0.25) is 9.40 Å². The zero-order valence-corrected chi connectivity index (χ0v) is 16.0. The van der Waals surface area contributed by atoms with Crippen LogP contribution >= 0.6 is 0 Å². The van der Waals surface area contributed by atoms with Crippen molar-refractivity contribution in [3.63, 3.8) is 0 Å². The van der Waals surface area contributed by atoms with Gasteiger partial charge in [-0.25, -0.2) is 12.8 Å². The van der Waals surface area contributed by atoms with Crippen molar-refractivity contribution < 1.29 is 17.5 Å². The lowest BCUT2D eigenvalue weighted by Gasteiger charge is -2.09. The first-order valence-corrected chi connectivity index (χ1v) is 9.82. The average molecular weight is 400 g/mol. The maximum absolute atomic E-state index is 14.2. The maximum atomic E-state index is 14.2. The summed E-state index contributed by atoms with van der Waals surface area (Å²) in [6, 6.07) is 13.9. The van der Waals surface area contributed by atoms with E-state index in [1.54, 1.807) is 31.2 Å². The van der Waals surface area contributed by atoms with Gasteiger partial charge in [0, 0.05) is 6.54 Å². The summed E-state index contributed by atoms with van der Waals surface area (Å²) in [6.45, 7) is 2.10. The van der Waals surface area contributed by atoms with Crippen molar-refractivity contribution in [3.8, 4) is 22.9 Å². The maximum Gasteiger partial charge on any atom is 0.263 e. The van der Waals surface area contributed by atoms with Gasteiger partial charge in [0.2, 0.25) is 0 Å². The Morgan fingerprint density at radius 2 is 1.96 bits per heavy atom. The lowest BCUT2D eigenvalue weighted by atomic mass is 10.1. The number of anilines is 1. The minimum atomic E-state index is -3.94. The fraction of sp³-hybridized carbons (Fsp3) is 0.158. The molecule has 144 valence electrons. The Hall–Kier alpha value is -3.38. The molecule has 2 aromatic carbocycles. The second-order valence-corrected chi connectivity index (χ2v) is 7.45. The van der Waals surface area contributed by atoms with Crippen molar-refractivity contribution >= 4 is 15.8 Å². The van der Waals surface area contributed by atoms with Crippen molar-refractivity contribution in [2.24, 2.45) is 0 Å². The molecule has 0 spiro atoms. The van der Waals surface area contributed by atoms with Gasteiger partial charge in [0.1, 0.15) is 11.8 Å². The third-order valence-corrected chi connectivity index (χ3v) is 5.44. The number of hydrogen-bond donors (Lipinski definition) is 1. The van der Waals surface area contributed by atoms with E-state index < -0.39 is 15.8 Å². The smallest absolute Gasteiger partial charge is 0.263 e. The standard InChI is InChI=1S/C19H17FN4O3S/c1-3-24-16(12-21)18(13-9-10-17(27-2)15(20)11-13)19(22-24)23-28(25,26)14-7-5-4-6-8-14/h4-11H,3H2,1-2H3,(H,22,23). The first-order chi connectivity index (χ1) is 13.4.